The van der Waals surface area contributed by atoms with E-state index in [4.69, 9.17) is 0 Å². The smallest absolute Gasteiger partial charge is 0.352 e. The first-order valence-corrected chi connectivity index (χ1v) is 12.0. The molecule has 2 aliphatic heterocycles. The molecule has 3 heterocycles. The highest BCUT2D eigenvalue weighted by atomic mass is 32.2. The molecule has 1 unspecified atom stereocenters. The minimum absolute atomic E-state index is 0.00952. The van der Waals surface area contributed by atoms with Crippen molar-refractivity contribution >= 4 is 41.4 Å². The molecule has 4 rings (SSSR count). The number of nitrogens with one attached hydrogen (secondary N) is 2. The third-order valence-electron chi connectivity index (χ3n) is 5.00. The van der Waals surface area contributed by atoms with Gasteiger partial charge < -0.3 is 15.7 Å². The minimum atomic E-state index is -1.15. The molecule has 11 heteroatoms. The second-order valence-electron chi connectivity index (χ2n) is 7.10. The molecule has 2 aliphatic rings. The van der Waals surface area contributed by atoms with Gasteiger partial charge in [-0.1, -0.05) is 42.1 Å². The predicted octanol–water partition coefficient (Wildman–Crippen LogP) is 1.73. The molecule has 0 saturated carbocycles. The van der Waals surface area contributed by atoms with Gasteiger partial charge in [-0.25, -0.2) is 19.6 Å². The Labute approximate surface area is 193 Å². The summed E-state index contributed by atoms with van der Waals surface area (Å²) in [7, 11) is 0. The van der Waals surface area contributed by atoms with Crippen molar-refractivity contribution in [2.24, 2.45) is 0 Å². The van der Waals surface area contributed by atoms with E-state index in [0.717, 1.165) is 5.56 Å². The van der Waals surface area contributed by atoms with Crippen LogP contribution >= 0.6 is 23.5 Å². The van der Waals surface area contributed by atoms with Gasteiger partial charge in [-0.2, -0.15) is 0 Å². The van der Waals surface area contributed by atoms with Gasteiger partial charge in [0.2, 0.25) is 0 Å². The van der Waals surface area contributed by atoms with Gasteiger partial charge >= 0.3 is 12.0 Å². The van der Waals surface area contributed by atoms with Crippen LogP contribution in [0.15, 0.2) is 65.2 Å². The summed E-state index contributed by atoms with van der Waals surface area (Å²) in [6.45, 7) is 0.432. The number of carbonyl (C=O) groups excluding carboxylic acids is 2. The van der Waals surface area contributed by atoms with E-state index in [0.29, 0.717) is 35.2 Å². The number of nitrogens with zero attached hydrogens (tertiary/aromatic N) is 3. The van der Waals surface area contributed by atoms with Gasteiger partial charge in [-0.15, -0.1) is 11.8 Å². The second-order valence-corrected chi connectivity index (χ2v) is 9.15. The van der Waals surface area contributed by atoms with Crippen LogP contribution in [0.1, 0.15) is 5.56 Å². The first-order chi connectivity index (χ1) is 15.5. The highest BCUT2D eigenvalue weighted by Gasteiger charge is 2.54. The van der Waals surface area contributed by atoms with Gasteiger partial charge in [0.15, 0.2) is 5.16 Å². The molecule has 1 aromatic heterocycles. The molecule has 9 nitrogen and oxygen atoms in total. The van der Waals surface area contributed by atoms with Crippen LogP contribution in [0.3, 0.4) is 0 Å². The number of rotatable bonds is 8. The molecule has 0 spiro atoms. The van der Waals surface area contributed by atoms with Gasteiger partial charge in [0, 0.05) is 30.4 Å². The Morgan fingerprint density at radius 1 is 1.19 bits per heavy atom. The van der Waals surface area contributed by atoms with E-state index in [2.05, 4.69) is 20.6 Å². The summed E-state index contributed by atoms with van der Waals surface area (Å²) >= 11 is 2.76. The largest absolute Gasteiger partial charge is 0.477 e. The lowest BCUT2D eigenvalue weighted by molar-refractivity contribution is -0.148. The van der Waals surface area contributed by atoms with Crippen molar-refractivity contribution in [2.75, 3.05) is 18.1 Å². The molecular formula is C21H21N5O4S2. The molecule has 0 bridgehead atoms. The van der Waals surface area contributed by atoms with Crippen molar-refractivity contribution in [3.63, 3.8) is 0 Å². The lowest BCUT2D eigenvalue weighted by atomic mass is 10.0. The number of carbonyl (C=O) groups is 3. The topological polar surface area (TPSA) is 125 Å². The number of amides is 3. The Bertz CT molecular complexity index is 1040. The van der Waals surface area contributed by atoms with Gasteiger partial charge in [0.25, 0.3) is 5.91 Å². The molecule has 2 aromatic rings. The number of thioether (sulfide) groups is 2. The summed E-state index contributed by atoms with van der Waals surface area (Å²) in [6.07, 6.45) is 3.91. The van der Waals surface area contributed by atoms with E-state index in [-0.39, 0.29) is 5.70 Å². The average molecular weight is 472 g/mol. The van der Waals surface area contributed by atoms with E-state index < -0.39 is 29.3 Å². The van der Waals surface area contributed by atoms with Crippen molar-refractivity contribution in [1.29, 1.82) is 0 Å². The normalized spacial score (nSPS) is 19.8. The molecule has 0 aliphatic carbocycles. The van der Waals surface area contributed by atoms with Gasteiger partial charge in [-0.05, 0) is 23.6 Å². The second kappa shape index (κ2) is 10.0. The van der Waals surface area contributed by atoms with Crippen LogP contribution in [0.2, 0.25) is 0 Å². The zero-order valence-corrected chi connectivity index (χ0v) is 18.6. The Morgan fingerprint density at radius 3 is 2.66 bits per heavy atom. The molecule has 3 N–H and O–H groups in total. The lowest BCUT2D eigenvalue weighted by Gasteiger charge is -2.49. The summed E-state index contributed by atoms with van der Waals surface area (Å²) < 4.78 is 0. The highest BCUT2D eigenvalue weighted by molar-refractivity contribution is 8.01. The molecule has 166 valence electrons. The fourth-order valence-corrected chi connectivity index (χ4v) is 5.75. The Hall–Kier alpha value is -3.05. The maximum atomic E-state index is 12.7. The summed E-state index contributed by atoms with van der Waals surface area (Å²) in [6, 6.07) is 10.3. The van der Waals surface area contributed by atoms with Gasteiger partial charge in [-0.3, -0.25) is 9.69 Å². The van der Waals surface area contributed by atoms with Gasteiger partial charge in [0.05, 0.1) is 0 Å². The average Bonchev–Trinajstić information content (AvgIpc) is 2.81. The molecule has 1 aromatic carbocycles. The fourth-order valence-electron chi connectivity index (χ4n) is 3.46. The standard InChI is InChI=1S/C21H21N5O4S2/c27-17-15(25-20(30)22-10-7-13-5-2-1-3-6-13)18-26(17)16(19(28)29)14(11-31-18)12-32-21-23-8-4-9-24-21/h1-6,8-9,15,18H,7,10-12H2,(H,28,29)(H2,22,25,30)/t15?,18-/m0/s1. The minimum Gasteiger partial charge on any atom is -0.477 e. The number of hydrogen-bond acceptors (Lipinski definition) is 7. The number of β-lactam (4-membered cyclic amide) rings is 1. The fraction of sp³-hybridized carbons (Fsp3) is 0.286. The van der Waals surface area contributed by atoms with Crippen molar-refractivity contribution < 1.29 is 19.5 Å². The summed E-state index contributed by atoms with van der Waals surface area (Å²) in [5, 5.41) is 15.3. The molecule has 1 saturated heterocycles. The number of aromatic nitrogens is 2. The first-order valence-electron chi connectivity index (χ1n) is 9.92. The van der Waals surface area contributed by atoms with Crippen molar-refractivity contribution in [3.05, 3.63) is 65.6 Å². The lowest BCUT2D eigenvalue weighted by Crippen LogP contribution is -2.71. The molecule has 2 atom stereocenters. The predicted molar refractivity (Wildman–Crippen MR) is 121 cm³/mol. The van der Waals surface area contributed by atoms with E-state index in [1.54, 1.807) is 18.5 Å². The van der Waals surface area contributed by atoms with Crippen LogP contribution < -0.4 is 10.6 Å². The summed E-state index contributed by atoms with van der Waals surface area (Å²) in [5.41, 5.74) is 1.73. The van der Waals surface area contributed by atoms with Gasteiger partial charge in [0.1, 0.15) is 17.1 Å². The number of fused-ring (bicyclic) bond motifs is 1. The molecule has 1 fully saturated rings. The van der Waals surface area contributed by atoms with E-state index in [1.807, 2.05) is 30.3 Å². The van der Waals surface area contributed by atoms with E-state index in [9.17, 15) is 19.5 Å². The van der Waals surface area contributed by atoms with Crippen LogP contribution in [-0.4, -0.2) is 67.3 Å². The molecule has 32 heavy (non-hydrogen) atoms. The third kappa shape index (κ3) is 4.89. The van der Waals surface area contributed by atoms with Crippen molar-refractivity contribution in [3.8, 4) is 0 Å². The number of benzene rings is 1. The van der Waals surface area contributed by atoms with Crippen LogP contribution in [0.4, 0.5) is 4.79 Å². The molecular weight excluding hydrogens is 450 g/mol. The quantitative estimate of drug-likeness (QED) is 0.302. The summed E-state index contributed by atoms with van der Waals surface area (Å²) in [5.74, 6) is -0.757. The number of carboxylic acids is 1. The first kappa shape index (κ1) is 22.2. The van der Waals surface area contributed by atoms with Crippen LogP contribution in [0.25, 0.3) is 0 Å². The zero-order valence-electron chi connectivity index (χ0n) is 16.9. The number of carboxylic acid groups (broad SMARTS) is 1. The van der Waals surface area contributed by atoms with Crippen LogP contribution in [-0.2, 0) is 16.0 Å². The summed E-state index contributed by atoms with van der Waals surface area (Å²) in [4.78, 5) is 46.4. The maximum absolute atomic E-state index is 12.7. The number of hydrogen-bond donors (Lipinski definition) is 3. The van der Waals surface area contributed by atoms with Crippen molar-refractivity contribution in [2.45, 2.75) is 23.0 Å². The van der Waals surface area contributed by atoms with E-state index >= 15 is 0 Å². The van der Waals surface area contributed by atoms with Crippen LogP contribution in [0, 0.1) is 0 Å². The Balaban J connectivity index is 1.34. The monoisotopic (exact) mass is 471 g/mol. The van der Waals surface area contributed by atoms with Crippen molar-refractivity contribution in [1.82, 2.24) is 25.5 Å². The highest BCUT2D eigenvalue weighted by Crippen LogP contribution is 2.41. The third-order valence-corrected chi connectivity index (χ3v) is 7.30. The Morgan fingerprint density at radius 2 is 1.94 bits per heavy atom. The zero-order chi connectivity index (χ0) is 22.5. The SMILES string of the molecule is O=C(NCCc1ccccc1)NC1C(=O)N2C(C(=O)O)=C(CSc3ncccn3)CS[C@@H]12. The van der Waals surface area contributed by atoms with Crippen LogP contribution in [0.5, 0.6) is 0 Å². The molecule has 3 amide bonds. The molecule has 0 radical (unpaired) electrons. The van der Waals surface area contributed by atoms with E-state index in [1.165, 1.54) is 28.4 Å². The number of urea groups is 1. The number of aliphatic carboxylic acids is 1. The maximum Gasteiger partial charge on any atom is 0.352 e. The Kier molecular flexibility index (Phi) is 6.96.